The summed E-state index contributed by atoms with van der Waals surface area (Å²) in [7, 11) is 1.92. The Hall–Kier alpha value is -0.840. The Balaban J connectivity index is 2.14. The highest BCUT2D eigenvalue weighted by Crippen LogP contribution is 2.31. The summed E-state index contributed by atoms with van der Waals surface area (Å²) in [6.45, 7) is 0.835. The van der Waals surface area contributed by atoms with Crippen LogP contribution >= 0.6 is 27.7 Å². The van der Waals surface area contributed by atoms with Crippen LogP contribution in [0, 0.1) is 5.82 Å². The van der Waals surface area contributed by atoms with Crippen molar-refractivity contribution in [2.24, 2.45) is 0 Å². The highest BCUT2D eigenvalue weighted by molar-refractivity contribution is 9.10. The first-order chi connectivity index (χ1) is 8.69. The zero-order chi connectivity index (χ0) is 13.0. The second-order valence-electron chi connectivity index (χ2n) is 3.84. The van der Waals surface area contributed by atoms with Gasteiger partial charge < -0.3 is 5.32 Å². The van der Waals surface area contributed by atoms with Gasteiger partial charge in [0.15, 0.2) is 0 Å². The van der Waals surface area contributed by atoms with Crippen molar-refractivity contribution in [3.05, 3.63) is 58.3 Å². The summed E-state index contributed by atoms with van der Waals surface area (Å²) in [5, 5.41) is 3.12. The number of benzene rings is 2. The number of nitrogens with one attached hydrogen (secondary N) is 1. The van der Waals surface area contributed by atoms with Gasteiger partial charge in [0.05, 0.1) is 0 Å². The molecule has 0 aliphatic carbocycles. The second kappa shape index (κ2) is 6.36. The van der Waals surface area contributed by atoms with E-state index in [2.05, 4.69) is 39.4 Å². The Morgan fingerprint density at radius 2 is 1.78 bits per heavy atom. The zero-order valence-corrected chi connectivity index (χ0v) is 12.3. The van der Waals surface area contributed by atoms with E-state index in [-0.39, 0.29) is 5.82 Å². The van der Waals surface area contributed by atoms with Crippen LogP contribution in [0.5, 0.6) is 0 Å². The summed E-state index contributed by atoms with van der Waals surface area (Å²) in [4.78, 5) is 2.16. The first kappa shape index (κ1) is 13.6. The molecular weight excluding hydrogens is 313 g/mol. The van der Waals surface area contributed by atoms with E-state index in [0.717, 1.165) is 20.8 Å². The molecule has 0 amide bonds. The smallest absolute Gasteiger partial charge is 0.123 e. The fourth-order valence-electron chi connectivity index (χ4n) is 1.56. The van der Waals surface area contributed by atoms with Gasteiger partial charge in [0, 0.05) is 20.8 Å². The van der Waals surface area contributed by atoms with Crippen LogP contribution in [0.3, 0.4) is 0 Å². The third-order valence-corrected chi connectivity index (χ3v) is 4.18. The van der Waals surface area contributed by atoms with Gasteiger partial charge in [-0.25, -0.2) is 4.39 Å². The van der Waals surface area contributed by atoms with Crippen molar-refractivity contribution in [3.63, 3.8) is 0 Å². The summed E-state index contributed by atoms with van der Waals surface area (Å²) in [6, 6.07) is 12.8. The third kappa shape index (κ3) is 3.57. The van der Waals surface area contributed by atoms with Gasteiger partial charge in [-0.2, -0.15) is 0 Å². The Labute approximate surface area is 119 Å². The zero-order valence-electron chi connectivity index (χ0n) is 9.91. The van der Waals surface area contributed by atoms with E-state index >= 15 is 0 Å². The maximum atomic E-state index is 12.8. The van der Waals surface area contributed by atoms with Crippen LogP contribution in [0.15, 0.2) is 56.7 Å². The largest absolute Gasteiger partial charge is 0.316 e. The van der Waals surface area contributed by atoms with Crippen molar-refractivity contribution in [2.75, 3.05) is 7.05 Å². The molecule has 0 heterocycles. The first-order valence-corrected chi connectivity index (χ1v) is 7.16. The number of hydrogen-bond acceptors (Lipinski definition) is 2. The summed E-state index contributed by atoms with van der Waals surface area (Å²) < 4.78 is 13.9. The van der Waals surface area contributed by atoms with Crippen LogP contribution in [0.25, 0.3) is 0 Å². The molecule has 0 atom stereocenters. The van der Waals surface area contributed by atoms with E-state index < -0.39 is 0 Å². The fourth-order valence-corrected chi connectivity index (χ4v) is 3.09. The molecule has 0 saturated carbocycles. The Morgan fingerprint density at radius 3 is 2.39 bits per heavy atom. The van der Waals surface area contributed by atoms with E-state index in [0.29, 0.717) is 0 Å². The summed E-state index contributed by atoms with van der Waals surface area (Å²) in [5.74, 6) is -0.204. The lowest BCUT2D eigenvalue weighted by molar-refractivity contribution is 0.626. The summed E-state index contributed by atoms with van der Waals surface area (Å²) in [6.07, 6.45) is 0. The topological polar surface area (TPSA) is 12.0 Å². The molecule has 0 fully saturated rings. The van der Waals surface area contributed by atoms with E-state index in [1.54, 1.807) is 23.9 Å². The van der Waals surface area contributed by atoms with Gasteiger partial charge in [-0.15, -0.1) is 0 Å². The lowest BCUT2D eigenvalue weighted by Crippen LogP contribution is -2.05. The minimum Gasteiger partial charge on any atom is -0.316 e. The van der Waals surface area contributed by atoms with Gasteiger partial charge in [0.2, 0.25) is 0 Å². The predicted molar refractivity (Wildman–Crippen MR) is 77.4 cm³/mol. The van der Waals surface area contributed by atoms with E-state index in [1.807, 2.05) is 7.05 Å². The van der Waals surface area contributed by atoms with Crippen LogP contribution in [0.4, 0.5) is 4.39 Å². The molecule has 1 N–H and O–H groups in total. The van der Waals surface area contributed by atoms with Crippen molar-refractivity contribution >= 4 is 27.7 Å². The molecule has 0 radical (unpaired) electrons. The van der Waals surface area contributed by atoms with Crippen LogP contribution in [0.2, 0.25) is 0 Å². The highest BCUT2D eigenvalue weighted by Gasteiger charge is 2.03. The molecule has 1 nitrogen and oxygen atoms in total. The molecule has 0 saturated heterocycles. The quantitative estimate of drug-likeness (QED) is 0.890. The first-order valence-electron chi connectivity index (χ1n) is 5.55. The number of halogens is 2. The van der Waals surface area contributed by atoms with Gasteiger partial charge in [-0.1, -0.05) is 33.8 Å². The highest BCUT2D eigenvalue weighted by atomic mass is 79.9. The minimum absolute atomic E-state index is 0.204. The molecule has 0 spiro atoms. The molecule has 94 valence electrons. The molecule has 2 rings (SSSR count). The summed E-state index contributed by atoms with van der Waals surface area (Å²) in [5.41, 5.74) is 1.22. The van der Waals surface area contributed by atoms with Crippen LogP contribution in [-0.4, -0.2) is 7.05 Å². The van der Waals surface area contributed by atoms with Gasteiger partial charge in [0.25, 0.3) is 0 Å². The van der Waals surface area contributed by atoms with Crippen molar-refractivity contribution in [1.82, 2.24) is 5.32 Å². The van der Waals surface area contributed by atoms with Crippen molar-refractivity contribution in [1.29, 1.82) is 0 Å². The van der Waals surface area contributed by atoms with Gasteiger partial charge >= 0.3 is 0 Å². The predicted octanol–water partition coefficient (Wildman–Crippen LogP) is 4.46. The standard InChI is InChI=1S/C14H13BrFNS/c1-17-9-10-2-5-13(8-14(10)15)18-12-6-3-11(16)4-7-12/h2-8,17H,9H2,1H3. The van der Waals surface area contributed by atoms with Crippen LogP contribution in [0.1, 0.15) is 5.56 Å². The second-order valence-corrected chi connectivity index (χ2v) is 5.84. The normalized spacial score (nSPS) is 10.6. The van der Waals surface area contributed by atoms with Crippen molar-refractivity contribution in [3.8, 4) is 0 Å². The Morgan fingerprint density at radius 1 is 1.11 bits per heavy atom. The maximum Gasteiger partial charge on any atom is 0.123 e. The molecule has 4 heteroatoms. The molecular formula is C14H13BrFNS. The molecule has 0 bridgehead atoms. The van der Waals surface area contributed by atoms with Crippen molar-refractivity contribution < 1.29 is 4.39 Å². The van der Waals surface area contributed by atoms with E-state index in [1.165, 1.54) is 17.7 Å². The Kier molecular flexibility index (Phi) is 4.80. The van der Waals surface area contributed by atoms with Gasteiger partial charge in [-0.3, -0.25) is 0 Å². The van der Waals surface area contributed by atoms with Crippen LogP contribution < -0.4 is 5.32 Å². The lowest BCUT2D eigenvalue weighted by atomic mass is 10.2. The molecule has 2 aromatic rings. The monoisotopic (exact) mass is 325 g/mol. The van der Waals surface area contributed by atoms with Crippen molar-refractivity contribution in [2.45, 2.75) is 16.3 Å². The molecule has 2 aromatic carbocycles. The maximum absolute atomic E-state index is 12.8. The minimum atomic E-state index is -0.204. The molecule has 0 aliphatic heterocycles. The molecule has 0 unspecified atom stereocenters. The van der Waals surface area contributed by atoms with Gasteiger partial charge in [0.1, 0.15) is 5.82 Å². The number of rotatable bonds is 4. The SMILES string of the molecule is CNCc1ccc(Sc2ccc(F)cc2)cc1Br. The van der Waals surface area contributed by atoms with Gasteiger partial charge in [-0.05, 0) is 49.0 Å². The van der Waals surface area contributed by atoms with E-state index in [4.69, 9.17) is 0 Å². The average Bonchev–Trinajstić information content (AvgIpc) is 2.36. The van der Waals surface area contributed by atoms with E-state index in [9.17, 15) is 4.39 Å². The average molecular weight is 326 g/mol. The Bertz CT molecular complexity index is 528. The molecule has 0 aromatic heterocycles. The third-order valence-electron chi connectivity index (χ3n) is 2.44. The summed E-state index contributed by atoms with van der Waals surface area (Å²) >= 11 is 5.18. The number of hydrogen-bond donors (Lipinski definition) is 1. The van der Waals surface area contributed by atoms with Crippen LogP contribution in [-0.2, 0) is 6.54 Å². The molecule has 0 aliphatic rings. The fraction of sp³-hybridized carbons (Fsp3) is 0.143. The molecule has 18 heavy (non-hydrogen) atoms. The lowest BCUT2D eigenvalue weighted by Gasteiger charge is -2.07.